The summed E-state index contributed by atoms with van der Waals surface area (Å²) in [5.74, 6) is -0.285. The van der Waals surface area contributed by atoms with Crippen molar-refractivity contribution in [2.45, 2.75) is 4.90 Å². The molecule has 7 nitrogen and oxygen atoms in total. The Hall–Kier alpha value is -2.35. The molecule has 0 N–H and O–H groups in total. The summed E-state index contributed by atoms with van der Waals surface area (Å²) in [4.78, 5) is 36.8. The second-order valence-corrected chi connectivity index (χ2v) is 5.35. The fourth-order valence-corrected chi connectivity index (χ4v) is 2.42. The van der Waals surface area contributed by atoms with Crippen LogP contribution in [-0.4, -0.2) is 53.2 Å². The molecule has 1 aromatic rings. The van der Waals surface area contributed by atoms with Crippen molar-refractivity contribution in [3.05, 3.63) is 40.5 Å². The Bertz CT molecular complexity index is 639. The number of benzene rings is 1. The smallest absolute Gasteiger partial charge is 0.283 e. The van der Waals surface area contributed by atoms with E-state index in [0.29, 0.717) is 31.7 Å². The van der Waals surface area contributed by atoms with Crippen molar-refractivity contribution in [3.8, 4) is 0 Å². The summed E-state index contributed by atoms with van der Waals surface area (Å²) < 4.78 is 0. The predicted octanol–water partition coefficient (Wildman–Crippen LogP) is 1.20. The molecule has 1 aliphatic rings. The Morgan fingerprint density at radius 3 is 2.50 bits per heavy atom. The number of thiol groups is 1. The molecule has 22 heavy (non-hydrogen) atoms. The largest absolute Gasteiger partial charge is 0.342 e. The van der Waals surface area contributed by atoms with E-state index in [0.717, 1.165) is 6.41 Å². The SMILES string of the molecule is C=C(C(=O)N1CCN(C=O)CC1)c1ccc(S)c([N+](=O)[O-])c1. The number of nitro benzene ring substituents is 1. The van der Waals surface area contributed by atoms with Gasteiger partial charge >= 0.3 is 0 Å². The molecular weight excluding hydrogens is 306 g/mol. The number of hydrogen-bond donors (Lipinski definition) is 1. The van der Waals surface area contributed by atoms with Crippen molar-refractivity contribution in [2.75, 3.05) is 26.2 Å². The van der Waals surface area contributed by atoms with E-state index in [-0.39, 0.29) is 22.1 Å². The van der Waals surface area contributed by atoms with Crippen LogP contribution in [0.25, 0.3) is 5.57 Å². The van der Waals surface area contributed by atoms with Crippen LogP contribution in [0.15, 0.2) is 29.7 Å². The molecule has 0 saturated carbocycles. The molecule has 0 radical (unpaired) electrons. The summed E-state index contributed by atoms with van der Waals surface area (Å²) in [6.45, 7) is 5.53. The highest BCUT2D eigenvalue weighted by Crippen LogP contribution is 2.27. The Morgan fingerprint density at radius 2 is 1.95 bits per heavy atom. The Morgan fingerprint density at radius 1 is 1.32 bits per heavy atom. The van der Waals surface area contributed by atoms with Crippen LogP contribution in [0, 0.1) is 10.1 Å². The molecular formula is C14H15N3O4S. The van der Waals surface area contributed by atoms with E-state index in [1.54, 1.807) is 15.9 Å². The average Bonchev–Trinajstić information content (AvgIpc) is 2.53. The van der Waals surface area contributed by atoms with E-state index in [1.165, 1.54) is 12.1 Å². The summed E-state index contributed by atoms with van der Waals surface area (Å²) >= 11 is 4.02. The van der Waals surface area contributed by atoms with E-state index in [4.69, 9.17) is 0 Å². The van der Waals surface area contributed by atoms with E-state index in [9.17, 15) is 19.7 Å². The molecule has 0 unspecified atom stereocenters. The lowest BCUT2D eigenvalue weighted by molar-refractivity contribution is -0.387. The highest BCUT2D eigenvalue weighted by Gasteiger charge is 2.24. The van der Waals surface area contributed by atoms with E-state index < -0.39 is 4.92 Å². The van der Waals surface area contributed by atoms with Gasteiger partial charge in [-0.2, -0.15) is 0 Å². The van der Waals surface area contributed by atoms with E-state index in [2.05, 4.69) is 19.2 Å². The minimum Gasteiger partial charge on any atom is -0.342 e. The van der Waals surface area contributed by atoms with Crippen LogP contribution < -0.4 is 0 Å². The third-order valence-corrected chi connectivity index (χ3v) is 3.91. The van der Waals surface area contributed by atoms with Crippen molar-refractivity contribution in [1.82, 2.24) is 9.80 Å². The van der Waals surface area contributed by atoms with Gasteiger partial charge in [0, 0.05) is 37.8 Å². The maximum Gasteiger partial charge on any atom is 0.283 e. The summed E-state index contributed by atoms with van der Waals surface area (Å²) in [5, 5.41) is 10.9. The van der Waals surface area contributed by atoms with Crippen LogP contribution in [0.4, 0.5) is 5.69 Å². The highest BCUT2D eigenvalue weighted by molar-refractivity contribution is 7.80. The fourth-order valence-electron chi connectivity index (χ4n) is 2.20. The van der Waals surface area contributed by atoms with Crippen LogP contribution in [0.3, 0.4) is 0 Å². The molecule has 2 amide bonds. The first-order chi connectivity index (χ1) is 10.4. The molecule has 8 heteroatoms. The van der Waals surface area contributed by atoms with Gasteiger partial charge in [-0.05, 0) is 11.6 Å². The standard InChI is InChI=1S/C14H15N3O4S/c1-10(11-2-3-13(22)12(8-11)17(20)21)14(19)16-6-4-15(9-18)5-7-16/h2-3,8-9,22H,1,4-7H2. The number of hydrogen-bond acceptors (Lipinski definition) is 5. The maximum absolute atomic E-state index is 12.4. The van der Waals surface area contributed by atoms with Crippen molar-refractivity contribution in [3.63, 3.8) is 0 Å². The van der Waals surface area contributed by atoms with Gasteiger partial charge in [-0.25, -0.2) is 0 Å². The number of rotatable bonds is 4. The predicted molar refractivity (Wildman–Crippen MR) is 83.6 cm³/mol. The molecule has 1 saturated heterocycles. The minimum atomic E-state index is -0.549. The van der Waals surface area contributed by atoms with Crippen LogP contribution in [0.1, 0.15) is 5.56 Å². The molecule has 116 valence electrons. The fraction of sp³-hybridized carbons (Fsp3) is 0.286. The highest BCUT2D eigenvalue weighted by atomic mass is 32.1. The number of piperazine rings is 1. The van der Waals surface area contributed by atoms with Gasteiger partial charge in [-0.15, -0.1) is 12.6 Å². The minimum absolute atomic E-state index is 0.166. The number of amides is 2. The van der Waals surface area contributed by atoms with Gasteiger partial charge in [0.2, 0.25) is 6.41 Å². The van der Waals surface area contributed by atoms with Gasteiger partial charge in [-0.3, -0.25) is 19.7 Å². The van der Waals surface area contributed by atoms with Gasteiger partial charge in [0.15, 0.2) is 0 Å². The van der Waals surface area contributed by atoms with Crippen LogP contribution in [0.2, 0.25) is 0 Å². The topological polar surface area (TPSA) is 83.8 Å². The summed E-state index contributed by atoms with van der Waals surface area (Å²) in [6, 6.07) is 4.35. The van der Waals surface area contributed by atoms with Crippen molar-refractivity contribution in [1.29, 1.82) is 0 Å². The van der Waals surface area contributed by atoms with Crippen LogP contribution in [0.5, 0.6) is 0 Å². The lowest BCUT2D eigenvalue weighted by Gasteiger charge is -2.33. The Kier molecular flexibility index (Phi) is 4.81. The van der Waals surface area contributed by atoms with Gasteiger partial charge in [0.25, 0.3) is 11.6 Å². The maximum atomic E-state index is 12.4. The molecule has 0 aliphatic carbocycles. The molecule has 2 rings (SSSR count). The second-order valence-electron chi connectivity index (χ2n) is 4.87. The first-order valence-corrected chi connectivity index (χ1v) is 7.04. The zero-order valence-electron chi connectivity index (χ0n) is 11.8. The summed E-state index contributed by atoms with van der Waals surface area (Å²) in [5.41, 5.74) is 0.420. The molecule has 1 aliphatic heterocycles. The third kappa shape index (κ3) is 3.28. The molecule has 0 atom stereocenters. The van der Waals surface area contributed by atoms with Gasteiger partial charge in [0.05, 0.1) is 9.82 Å². The van der Waals surface area contributed by atoms with Crippen molar-refractivity contribution < 1.29 is 14.5 Å². The van der Waals surface area contributed by atoms with E-state index in [1.807, 2.05) is 0 Å². The molecule has 0 aromatic heterocycles. The van der Waals surface area contributed by atoms with Crippen molar-refractivity contribution in [2.24, 2.45) is 0 Å². The van der Waals surface area contributed by atoms with Gasteiger partial charge in [0.1, 0.15) is 0 Å². The number of carbonyl (C=O) groups excluding carboxylic acids is 2. The zero-order valence-corrected chi connectivity index (χ0v) is 12.7. The lowest BCUT2D eigenvalue weighted by atomic mass is 10.1. The number of nitro groups is 1. The molecule has 1 fully saturated rings. The normalized spacial score (nSPS) is 14.6. The van der Waals surface area contributed by atoms with Gasteiger partial charge in [-0.1, -0.05) is 12.6 Å². The lowest BCUT2D eigenvalue weighted by Crippen LogP contribution is -2.48. The molecule has 1 aromatic carbocycles. The number of nitrogens with zero attached hydrogens (tertiary/aromatic N) is 3. The molecule has 0 spiro atoms. The molecule has 1 heterocycles. The van der Waals surface area contributed by atoms with Gasteiger partial charge < -0.3 is 9.80 Å². The second kappa shape index (κ2) is 6.61. The Labute approximate surface area is 132 Å². The van der Waals surface area contributed by atoms with E-state index >= 15 is 0 Å². The molecule has 0 bridgehead atoms. The first kappa shape index (κ1) is 16.0. The summed E-state index contributed by atoms with van der Waals surface area (Å²) in [6.07, 6.45) is 0.755. The van der Waals surface area contributed by atoms with Crippen LogP contribution >= 0.6 is 12.6 Å². The van der Waals surface area contributed by atoms with Crippen molar-refractivity contribution >= 4 is 36.2 Å². The zero-order chi connectivity index (χ0) is 16.3. The monoisotopic (exact) mass is 321 g/mol. The Balaban J connectivity index is 2.14. The first-order valence-electron chi connectivity index (χ1n) is 6.59. The number of carbonyl (C=O) groups is 2. The van der Waals surface area contributed by atoms with Crippen LogP contribution in [-0.2, 0) is 9.59 Å². The quantitative estimate of drug-likeness (QED) is 0.297. The average molecular weight is 321 g/mol. The summed E-state index contributed by atoms with van der Waals surface area (Å²) in [7, 11) is 0. The third-order valence-electron chi connectivity index (χ3n) is 3.53.